The Hall–Kier alpha value is -1.56. The lowest BCUT2D eigenvalue weighted by atomic mass is 10.4. The summed E-state index contributed by atoms with van der Waals surface area (Å²) in [5, 5.41) is 3.25. The Kier molecular flexibility index (Phi) is 7.95. The Balaban J connectivity index is 2.69. The van der Waals surface area contributed by atoms with Crippen molar-refractivity contribution in [1.29, 1.82) is 0 Å². The summed E-state index contributed by atoms with van der Waals surface area (Å²) >= 11 is 1.76. The monoisotopic (exact) mass is 324 g/mol. The normalized spacial score (nSPS) is 11.4. The van der Waals surface area contributed by atoms with Crippen LogP contribution in [0.1, 0.15) is 30.5 Å². The first kappa shape index (κ1) is 18.5. The summed E-state index contributed by atoms with van der Waals surface area (Å²) in [6, 6.07) is 4.21. The number of hydrogen-bond donors (Lipinski definition) is 1. The molecule has 0 aliphatic rings. The van der Waals surface area contributed by atoms with Gasteiger partial charge in [-0.1, -0.05) is 0 Å². The quantitative estimate of drug-likeness (QED) is 0.618. The molecule has 0 spiro atoms. The molecule has 6 heteroatoms. The third kappa shape index (κ3) is 5.67. The number of aryl methyl sites for hydroxylation is 1. The predicted molar refractivity (Wildman–Crippen MR) is 94.4 cm³/mol. The van der Waals surface area contributed by atoms with Crippen molar-refractivity contribution >= 4 is 23.2 Å². The number of aliphatic imine (C=N–C) groups is 1. The van der Waals surface area contributed by atoms with Crippen LogP contribution in [0.25, 0.3) is 0 Å². The SMILES string of the molecule is CCNC(=NCc1ccc(C)s1)N(C)CC(=O)N(CC)CC. The van der Waals surface area contributed by atoms with Crippen LogP contribution in [0.4, 0.5) is 0 Å². The van der Waals surface area contributed by atoms with Crippen molar-refractivity contribution in [2.75, 3.05) is 33.2 Å². The van der Waals surface area contributed by atoms with E-state index in [9.17, 15) is 4.79 Å². The zero-order valence-corrected chi connectivity index (χ0v) is 15.2. The van der Waals surface area contributed by atoms with E-state index >= 15 is 0 Å². The van der Waals surface area contributed by atoms with Crippen LogP contribution in [-0.2, 0) is 11.3 Å². The van der Waals surface area contributed by atoms with Crippen LogP contribution >= 0.6 is 11.3 Å². The zero-order chi connectivity index (χ0) is 16.5. The Bertz CT molecular complexity index is 494. The molecule has 0 saturated heterocycles. The van der Waals surface area contributed by atoms with Gasteiger partial charge >= 0.3 is 0 Å². The Morgan fingerprint density at radius 3 is 2.45 bits per heavy atom. The van der Waals surface area contributed by atoms with Gasteiger partial charge in [0.05, 0.1) is 13.1 Å². The molecule has 1 rings (SSSR count). The van der Waals surface area contributed by atoms with Gasteiger partial charge in [0.1, 0.15) is 0 Å². The fourth-order valence-corrected chi connectivity index (χ4v) is 2.96. The molecule has 1 aromatic heterocycles. The smallest absolute Gasteiger partial charge is 0.242 e. The van der Waals surface area contributed by atoms with Gasteiger partial charge in [0.15, 0.2) is 5.96 Å². The van der Waals surface area contributed by atoms with Gasteiger partial charge in [0.2, 0.25) is 5.91 Å². The topological polar surface area (TPSA) is 47.9 Å². The number of amides is 1. The molecule has 0 radical (unpaired) electrons. The molecule has 1 N–H and O–H groups in total. The first-order valence-corrected chi connectivity index (χ1v) is 8.65. The molecule has 0 aliphatic heterocycles. The molecule has 0 aromatic carbocycles. The highest BCUT2D eigenvalue weighted by molar-refractivity contribution is 7.11. The van der Waals surface area contributed by atoms with Crippen molar-refractivity contribution < 1.29 is 4.79 Å². The third-order valence-corrected chi connectivity index (χ3v) is 4.35. The summed E-state index contributed by atoms with van der Waals surface area (Å²) in [5.74, 6) is 0.902. The maximum atomic E-state index is 12.2. The summed E-state index contributed by atoms with van der Waals surface area (Å²) in [7, 11) is 1.91. The molecular formula is C16H28N4OS. The molecule has 0 atom stereocenters. The number of nitrogens with zero attached hydrogens (tertiary/aromatic N) is 3. The number of rotatable bonds is 7. The van der Waals surface area contributed by atoms with Crippen LogP contribution in [0.2, 0.25) is 0 Å². The average molecular weight is 324 g/mol. The van der Waals surface area contributed by atoms with Crippen LogP contribution in [-0.4, -0.2) is 54.9 Å². The fourth-order valence-electron chi connectivity index (χ4n) is 2.15. The van der Waals surface area contributed by atoms with Gasteiger partial charge < -0.3 is 15.1 Å². The van der Waals surface area contributed by atoms with Crippen LogP contribution in [0, 0.1) is 6.92 Å². The van der Waals surface area contributed by atoms with E-state index in [1.54, 1.807) is 11.3 Å². The van der Waals surface area contributed by atoms with E-state index in [2.05, 4.69) is 29.4 Å². The van der Waals surface area contributed by atoms with Gasteiger partial charge in [-0.05, 0) is 39.8 Å². The highest BCUT2D eigenvalue weighted by Gasteiger charge is 2.14. The first-order chi connectivity index (χ1) is 10.5. The minimum Gasteiger partial charge on any atom is -0.357 e. The van der Waals surface area contributed by atoms with Crippen LogP contribution < -0.4 is 5.32 Å². The van der Waals surface area contributed by atoms with Crippen molar-refractivity contribution in [2.24, 2.45) is 4.99 Å². The Labute approximate surface area is 138 Å². The molecule has 1 amide bonds. The van der Waals surface area contributed by atoms with Crippen molar-refractivity contribution in [3.05, 3.63) is 21.9 Å². The Morgan fingerprint density at radius 1 is 1.27 bits per heavy atom. The molecule has 0 fully saturated rings. The second-order valence-electron chi connectivity index (χ2n) is 5.10. The minimum absolute atomic E-state index is 0.130. The number of likely N-dealkylation sites (N-methyl/N-ethyl adjacent to an activating group) is 2. The van der Waals surface area contributed by atoms with Crippen molar-refractivity contribution in [1.82, 2.24) is 15.1 Å². The molecule has 0 bridgehead atoms. The second kappa shape index (κ2) is 9.46. The van der Waals surface area contributed by atoms with Gasteiger partial charge in [-0.3, -0.25) is 4.79 Å². The number of carbonyl (C=O) groups is 1. The second-order valence-corrected chi connectivity index (χ2v) is 6.48. The largest absolute Gasteiger partial charge is 0.357 e. The summed E-state index contributed by atoms with van der Waals surface area (Å²) in [6.07, 6.45) is 0. The lowest BCUT2D eigenvalue weighted by molar-refractivity contribution is -0.131. The maximum absolute atomic E-state index is 12.2. The van der Waals surface area contributed by atoms with Gasteiger partial charge in [-0.15, -0.1) is 11.3 Å². The lowest BCUT2D eigenvalue weighted by Gasteiger charge is -2.25. The average Bonchev–Trinajstić information content (AvgIpc) is 2.90. The van der Waals surface area contributed by atoms with Gasteiger partial charge in [-0.25, -0.2) is 4.99 Å². The summed E-state index contributed by atoms with van der Waals surface area (Å²) in [4.78, 5) is 23.1. The van der Waals surface area contributed by atoms with Gasteiger partial charge in [-0.2, -0.15) is 0 Å². The van der Waals surface area contributed by atoms with Crippen molar-refractivity contribution in [3.63, 3.8) is 0 Å². The molecule has 0 saturated carbocycles. The predicted octanol–water partition coefficient (Wildman–Crippen LogP) is 2.32. The number of thiophene rings is 1. The number of carbonyl (C=O) groups excluding carboxylic acids is 1. The lowest BCUT2D eigenvalue weighted by Crippen LogP contribution is -2.45. The number of hydrogen-bond acceptors (Lipinski definition) is 3. The number of nitrogens with one attached hydrogen (secondary N) is 1. The van der Waals surface area contributed by atoms with Gasteiger partial charge in [0, 0.05) is 36.4 Å². The van der Waals surface area contributed by atoms with E-state index in [1.165, 1.54) is 9.75 Å². The standard InChI is InChI=1S/C16H28N4OS/c1-6-17-16(18-11-14-10-9-13(4)22-14)19(5)12-15(21)20(7-2)8-3/h9-10H,6-8,11-12H2,1-5H3,(H,17,18). The van der Waals surface area contributed by atoms with E-state index in [0.717, 1.165) is 25.6 Å². The maximum Gasteiger partial charge on any atom is 0.242 e. The molecule has 0 unspecified atom stereocenters. The zero-order valence-electron chi connectivity index (χ0n) is 14.3. The molecule has 1 heterocycles. The molecule has 5 nitrogen and oxygen atoms in total. The summed E-state index contributed by atoms with van der Waals surface area (Å²) in [6.45, 7) is 11.4. The minimum atomic E-state index is 0.130. The fraction of sp³-hybridized carbons (Fsp3) is 0.625. The van der Waals surface area contributed by atoms with Crippen LogP contribution in [0.5, 0.6) is 0 Å². The van der Waals surface area contributed by atoms with E-state index in [-0.39, 0.29) is 5.91 Å². The highest BCUT2D eigenvalue weighted by Crippen LogP contribution is 2.15. The summed E-state index contributed by atoms with van der Waals surface area (Å²) in [5.41, 5.74) is 0. The van der Waals surface area contributed by atoms with Crippen molar-refractivity contribution in [2.45, 2.75) is 34.2 Å². The third-order valence-electron chi connectivity index (χ3n) is 3.37. The van der Waals surface area contributed by atoms with E-state index in [1.807, 2.05) is 37.6 Å². The van der Waals surface area contributed by atoms with Crippen LogP contribution in [0.15, 0.2) is 17.1 Å². The van der Waals surface area contributed by atoms with E-state index < -0.39 is 0 Å². The van der Waals surface area contributed by atoms with Gasteiger partial charge in [0.25, 0.3) is 0 Å². The van der Waals surface area contributed by atoms with Crippen molar-refractivity contribution in [3.8, 4) is 0 Å². The number of guanidine groups is 1. The molecule has 0 aliphatic carbocycles. The molecule has 1 aromatic rings. The van der Waals surface area contributed by atoms with E-state index in [4.69, 9.17) is 0 Å². The van der Waals surface area contributed by atoms with E-state index in [0.29, 0.717) is 13.1 Å². The summed E-state index contributed by atoms with van der Waals surface area (Å²) < 4.78 is 0. The molecular weight excluding hydrogens is 296 g/mol. The molecule has 124 valence electrons. The molecule has 22 heavy (non-hydrogen) atoms. The first-order valence-electron chi connectivity index (χ1n) is 7.84. The highest BCUT2D eigenvalue weighted by atomic mass is 32.1. The Morgan fingerprint density at radius 2 is 1.95 bits per heavy atom. The van der Waals surface area contributed by atoms with Crippen LogP contribution in [0.3, 0.4) is 0 Å².